The number of anilines is 3. The summed E-state index contributed by atoms with van der Waals surface area (Å²) in [4.78, 5) is 11.2. The minimum atomic E-state index is -1.13. The highest BCUT2D eigenvalue weighted by atomic mass is 35.5. The highest BCUT2D eigenvalue weighted by Crippen LogP contribution is 2.28. The number of nitrogen functional groups attached to an aromatic ring is 1. The Labute approximate surface area is 120 Å². The number of carboxylic acid groups (broad SMARTS) is 1. The lowest BCUT2D eigenvalue weighted by Crippen LogP contribution is -2.04. The van der Waals surface area contributed by atoms with Crippen molar-refractivity contribution in [2.24, 2.45) is 0 Å². The van der Waals surface area contributed by atoms with Gasteiger partial charge in [0.2, 0.25) is 0 Å². The first-order valence-electron chi connectivity index (χ1n) is 5.61. The molecule has 0 aliphatic rings. The van der Waals surface area contributed by atoms with Gasteiger partial charge in [0, 0.05) is 5.02 Å². The van der Waals surface area contributed by atoms with Crippen molar-refractivity contribution in [3.8, 4) is 6.07 Å². The van der Waals surface area contributed by atoms with Crippen molar-refractivity contribution < 1.29 is 9.90 Å². The average molecular weight is 288 g/mol. The van der Waals surface area contributed by atoms with E-state index in [0.29, 0.717) is 22.1 Å². The number of hydrogen-bond acceptors (Lipinski definition) is 4. The Morgan fingerprint density at radius 1 is 1.25 bits per heavy atom. The Kier molecular flexibility index (Phi) is 3.78. The van der Waals surface area contributed by atoms with Crippen LogP contribution in [0.15, 0.2) is 36.4 Å². The second-order valence-electron chi connectivity index (χ2n) is 4.03. The number of carbonyl (C=O) groups is 1. The van der Waals surface area contributed by atoms with E-state index >= 15 is 0 Å². The van der Waals surface area contributed by atoms with Crippen molar-refractivity contribution in [1.82, 2.24) is 0 Å². The first-order chi connectivity index (χ1) is 9.51. The molecule has 0 spiro atoms. The summed E-state index contributed by atoms with van der Waals surface area (Å²) in [6.07, 6.45) is 0. The van der Waals surface area contributed by atoms with E-state index in [4.69, 9.17) is 22.6 Å². The van der Waals surface area contributed by atoms with Gasteiger partial charge in [-0.05, 0) is 36.4 Å². The standard InChI is InChI=1S/C14H10ClN3O2/c15-9-2-4-13(11(17)6-9)18-12-3-1-8(7-16)5-10(12)14(19)20/h1-6,18H,17H2,(H,19,20). The largest absolute Gasteiger partial charge is 0.478 e. The zero-order valence-electron chi connectivity index (χ0n) is 10.2. The van der Waals surface area contributed by atoms with E-state index in [2.05, 4.69) is 5.32 Å². The molecule has 2 aromatic carbocycles. The maximum absolute atomic E-state index is 11.2. The minimum absolute atomic E-state index is 0.00148. The van der Waals surface area contributed by atoms with Gasteiger partial charge < -0.3 is 16.2 Å². The van der Waals surface area contributed by atoms with Gasteiger partial charge in [0.15, 0.2) is 0 Å². The van der Waals surface area contributed by atoms with Crippen LogP contribution in [0.3, 0.4) is 0 Å². The molecule has 5 nitrogen and oxygen atoms in total. The molecule has 0 atom stereocenters. The van der Waals surface area contributed by atoms with Crippen LogP contribution in [0.2, 0.25) is 5.02 Å². The van der Waals surface area contributed by atoms with Crippen molar-refractivity contribution >= 4 is 34.6 Å². The van der Waals surface area contributed by atoms with Crippen molar-refractivity contribution in [3.63, 3.8) is 0 Å². The van der Waals surface area contributed by atoms with Crippen LogP contribution in [0.5, 0.6) is 0 Å². The summed E-state index contributed by atoms with van der Waals surface area (Å²) >= 11 is 5.80. The van der Waals surface area contributed by atoms with Gasteiger partial charge in [0.1, 0.15) is 0 Å². The van der Waals surface area contributed by atoms with Crippen LogP contribution >= 0.6 is 11.6 Å². The van der Waals surface area contributed by atoms with E-state index in [9.17, 15) is 9.90 Å². The number of hydrogen-bond donors (Lipinski definition) is 3. The first-order valence-corrected chi connectivity index (χ1v) is 5.98. The van der Waals surface area contributed by atoms with Gasteiger partial charge in [-0.3, -0.25) is 0 Å². The van der Waals surface area contributed by atoms with E-state index in [-0.39, 0.29) is 11.1 Å². The number of nitrogens with two attached hydrogens (primary N) is 1. The summed E-state index contributed by atoms with van der Waals surface area (Å²) in [5.41, 5.74) is 7.37. The number of rotatable bonds is 3. The molecule has 0 saturated heterocycles. The first kappa shape index (κ1) is 13.7. The lowest BCUT2D eigenvalue weighted by molar-refractivity contribution is 0.0698. The van der Waals surface area contributed by atoms with Crippen LogP contribution in [-0.2, 0) is 0 Å². The molecule has 0 radical (unpaired) electrons. The molecule has 0 saturated carbocycles. The molecule has 2 rings (SSSR count). The highest BCUT2D eigenvalue weighted by Gasteiger charge is 2.12. The lowest BCUT2D eigenvalue weighted by atomic mass is 10.1. The van der Waals surface area contributed by atoms with Crippen molar-refractivity contribution in [1.29, 1.82) is 5.26 Å². The smallest absolute Gasteiger partial charge is 0.337 e. The zero-order chi connectivity index (χ0) is 14.7. The second kappa shape index (κ2) is 5.51. The molecule has 0 heterocycles. The number of nitrogens with zero attached hydrogens (tertiary/aromatic N) is 1. The number of benzene rings is 2. The van der Waals surface area contributed by atoms with Gasteiger partial charge >= 0.3 is 5.97 Å². The van der Waals surface area contributed by atoms with Gasteiger partial charge in [-0.25, -0.2) is 4.79 Å². The molecule has 20 heavy (non-hydrogen) atoms. The number of halogens is 1. The molecule has 4 N–H and O–H groups in total. The van der Waals surface area contributed by atoms with E-state index < -0.39 is 5.97 Å². The summed E-state index contributed by atoms with van der Waals surface area (Å²) < 4.78 is 0. The van der Waals surface area contributed by atoms with Crippen molar-refractivity contribution in [3.05, 3.63) is 52.5 Å². The summed E-state index contributed by atoms with van der Waals surface area (Å²) in [6.45, 7) is 0. The van der Waals surface area contributed by atoms with Crippen LogP contribution in [0.1, 0.15) is 15.9 Å². The fourth-order valence-electron chi connectivity index (χ4n) is 1.69. The molecular formula is C14H10ClN3O2. The molecule has 0 bridgehead atoms. The maximum Gasteiger partial charge on any atom is 0.337 e. The Bertz CT molecular complexity index is 723. The summed E-state index contributed by atoms with van der Waals surface area (Å²) in [5, 5.41) is 21.4. The van der Waals surface area contributed by atoms with Gasteiger partial charge in [-0.1, -0.05) is 11.6 Å². The molecule has 0 unspecified atom stereocenters. The molecule has 0 aromatic heterocycles. The molecule has 100 valence electrons. The quantitative estimate of drug-likeness (QED) is 0.753. The monoisotopic (exact) mass is 287 g/mol. The second-order valence-corrected chi connectivity index (χ2v) is 4.47. The van der Waals surface area contributed by atoms with Crippen LogP contribution in [-0.4, -0.2) is 11.1 Å². The zero-order valence-corrected chi connectivity index (χ0v) is 11.0. The van der Waals surface area contributed by atoms with E-state index in [1.807, 2.05) is 6.07 Å². The van der Waals surface area contributed by atoms with E-state index in [0.717, 1.165) is 0 Å². The molecule has 2 aromatic rings. The topological polar surface area (TPSA) is 99.1 Å². The molecule has 0 aliphatic carbocycles. The molecule has 0 aliphatic heterocycles. The van der Waals surface area contributed by atoms with Crippen molar-refractivity contribution in [2.75, 3.05) is 11.1 Å². The number of nitrogens with one attached hydrogen (secondary N) is 1. The van der Waals surface area contributed by atoms with Crippen molar-refractivity contribution in [2.45, 2.75) is 0 Å². The number of carboxylic acids is 1. The third-order valence-electron chi connectivity index (χ3n) is 2.66. The fourth-order valence-corrected chi connectivity index (χ4v) is 1.87. The molecular weight excluding hydrogens is 278 g/mol. The molecule has 0 amide bonds. The average Bonchev–Trinajstić information content (AvgIpc) is 2.42. The van der Waals surface area contributed by atoms with Crippen LogP contribution in [0.25, 0.3) is 0 Å². The third-order valence-corrected chi connectivity index (χ3v) is 2.90. The lowest BCUT2D eigenvalue weighted by Gasteiger charge is -2.12. The Morgan fingerprint density at radius 2 is 1.95 bits per heavy atom. The van der Waals surface area contributed by atoms with Crippen LogP contribution in [0.4, 0.5) is 17.1 Å². The third kappa shape index (κ3) is 2.82. The van der Waals surface area contributed by atoms with E-state index in [1.165, 1.54) is 18.2 Å². The van der Waals surface area contributed by atoms with E-state index in [1.54, 1.807) is 18.2 Å². The Hall–Kier alpha value is -2.71. The molecule has 0 fully saturated rings. The Balaban J connectivity index is 2.43. The van der Waals surface area contributed by atoms with Gasteiger partial charge in [-0.2, -0.15) is 5.26 Å². The highest BCUT2D eigenvalue weighted by molar-refractivity contribution is 6.31. The Morgan fingerprint density at radius 3 is 2.55 bits per heavy atom. The normalized spacial score (nSPS) is 9.80. The predicted octanol–water partition coefficient (Wildman–Crippen LogP) is 3.24. The fraction of sp³-hybridized carbons (Fsp3) is 0. The van der Waals surface area contributed by atoms with Gasteiger partial charge in [-0.15, -0.1) is 0 Å². The summed E-state index contributed by atoms with van der Waals surface area (Å²) in [5.74, 6) is -1.13. The number of aromatic carboxylic acids is 1. The number of nitriles is 1. The summed E-state index contributed by atoms with van der Waals surface area (Å²) in [6, 6.07) is 11.1. The van der Waals surface area contributed by atoms with Crippen LogP contribution in [0, 0.1) is 11.3 Å². The maximum atomic E-state index is 11.2. The van der Waals surface area contributed by atoms with Gasteiger partial charge in [0.05, 0.1) is 34.3 Å². The SMILES string of the molecule is N#Cc1ccc(Nc2ccc(Cl)cc2N)c(C(=O)O)c1. The summed E-state index contributed by atoms with van der Waals surface area (Å²) in [7, 11) is 0. The molecule has 6 heteroatoms. The predicted molar refractivity (Wildman–Crippen MR) is 77.3 cm³/mol. The van der Waals surface area contributed by atoms with Gasteiger partial charge in [0.25, 0.3) is 0 Å². The van der Waals surface area contributed by atoms with Crippen LogP contribution < -0.4 is 11.1 Å². The minimum Gasteiger partial charge on any atom is -0.478 e.